The molecule has 1 heterocycles. The summed E-state index contributed by atoms with van der Waals surface area (Å²) in [6.07, 6.45) is 8.16. The van der Waals surface area contributed by atoms with E-state index in [0.717, 1.165) is 32.3 Å². The van der Waals surface area contributed by atoms with Crippen molar-refractivity contribution < 1.29 is 4.74 Å². The molecule has 1 aliphatic carbocycles. The Morgan fingerprint density at radius 1 is 1.06 bits per heavy atom. The number of likely N-dealkylation sites (N-methyl/N-ethyl adjacent to an activating group) is 1. The monoisotopic (exact) mass is 240 g/mol. The van der Waals surface area contributed by atoms with Crippen LogP contribution in [0.15, 0.2) is 0 Å². The lowest BCUT2D eigenvalue weighted by Gasteiger charge is -2.35. The first kappa shape index (κ1) is 13.3. The van der Waals surface area contributed by atoms with Crippen LogP contribution in [0.25, 0.3) is 0 Å². The van der Waals surface area contributed by atoms with Gasteiger partial charge in [0.2, 0.25) is 0 Å². The highest BCUT2D eigenvalue weighted by Crippen LogP contribution is 2.23. The van der Waals surface area contributed by atoms with Crippen LogP contribution in [0.4, 0.5) is 0 Å². The van der Waals surface area contributed by atoms with Crippen molar-refractivity contribution in [1.82, 2.24) is 10.2 Å². The summed E-state index contributed by atoms with van der Waals surface area (Å²) in [6, 6.07) is 1.46. The molecule has 0 amide bonds. The highest BCUT2D eigenvalue weighted by molar-refractivity contribution is 4.87. The maximum absolute atomic E-state index is 5.58. The zero-order chi connectivity index (χ0) is 11.9. The van der Waals surface area contributed by atoms with Crippen LogP contribution in [-0.2, 0) is 4.74 Å². The molecule has 1 saturated carbocycles. The molecular formula is C14H28N2O. The van der Waals surface area contributed by atoms with Gasteiger partial charge in [0, 0.05) is 31.8 Å². The number of ether oxygens (including phenoxy) is 1. The van der Waals surface area contributed by atoms with E-state index in [1.165, 1.54) is 45.1 Å². The number of nitrogens with zero attached hydrogens (tertiary/aromatic N) is 1. The van der Waals surface area contributed by atoms with Crippen molar-refractivity contribution in [1.29, 1.82) is 0 Å². The van der Waals surface area contributed by atoms with Crippen molar-refractivity contribution in [3.63, 3.8) is 0 Å². The van der Waals surface area contributed by atoms with Gasteiger partial charge >= 0.3 is 0 Å². The lowest BCUT2D eigenvalue weighted by atomic mass is 10.0. The highest BCUT2D eigenvalue weighted by Gasteiger charge is 2.28. The quantitative estimate of drug-likeness (QED) is 0.764. The van der Waals surface area contributed by atoms with Gasteiger partial charge in [-0.15, -0.1) is 0 Å². The summed E-state index contributed by atoms with van der Waals surface area (Å²) in [7, 11) is 0. The zero-order valence-electron chi connectivity index (χ0n) is 11.3. The third-order valence-electron chi connectivity index (χ3n) is 4.17. The summed E-state index contributed by atoms with van der Waals surface area (Å²) >= 11 is 0. The summed E-state index contributed by atoms with van der Waals surface area (Å²) in [5.74, 6) is 0. The molecule has 17 heavy (non-hydrogen) atoms. The van der Waals surface area contributed by atoms with E-state index >= 15 is 0 Å². The standard InChI is InChI=1S/C14H28N2O/c1-2-15-13-7-4-3-5-8-14(13)16-9-6-11-17-12-10-16/h13-15H,2-12H2,1H3. The van der Waals surface area contributed by atoms with E-state index < -0.39 is 0 Å². The Labute approximate surface area is 106 Å². The van der Waals surface area contributed by atoms with Gasteiger partial charge < -0.3 is 10.1 Å². The first-order chi connectivity index (χ1) is 8.42. The van der Waals surface area contributed by atoms with Gasteiger partial charge in [-0.2, -0.15) is 0 Å². The predicted octanol–water partition coefficient (Wildman–Crippen LogP) is 2.02. The van der Waals surface area contributed by atoms with Gasteiger partial charge in [-0.05, 0) is 25.8 Å². The molecule has 3 nitrogen and oxygen atoms in total. The largest absolute Gasteiger partial charge is 0.380 e. The van der Waals surface area contributed by atoms with Crippen molar-refractivity contribution in [2.75, 3.05) is 32.8 Å². The SMILES string of the molecule is CCNC1CCCCCC1N1CCCOCC1. The second-order valence-electron chi connectivity index (χ2n) is 5.37. The molecule has 2 atom stereocenters. The van der Waals surface area contributed by atoms with Gasteiger partial charge in [0.15, 0.2) is 0 Å². The van der Waals surface area contributed by atoms with E-state index in [2.05, 4.69) is 17.1 Å². The topological polar surface area (TPSA) is 24.5 Å². The second kappa shape index (κ2) is 7.34. The van der Waals surface area contributed by atoms with Gasteiger partial charge in [0.05, 0.1) is 6.61 Å². The van der Waals surface area contributed by atoms with Gasteiger partial charge in [-0.1, -0.05) is 26.2 Å². The Morgan fingerprint density at radius 2 is 1.94 bits per heavy atom. The molecule has 2 fully saturated rings. The van der Waals surface area contributed by atoms with Crippen molar-refractivity contribution in [2.24, 2.45) is 0 Å². The first-order valence-corrected chi connectivity index (χ1v) is 7.47. The molecule has 0 aromatic rings. The molecule has 1 saturated heterocycles. The molecule has 100 valence electrons. The average molecular weight is 240 g/mol. The number of rotatable bonds is 3. The third-order valence-corrected chi connectivity index (χ3v) is 4.17. The summed E-state index contributed by atoms with van der Waals surface area (Å²) in [4.78, 5) is 2.69. The van der Waals surface area contributed by atoms with Gasteiger partial charge in [0.25, 0.3) is 0 Å². The van der Waals surface area contributed by atoms with Crippen molar-refractivity contribution in [2.45, 2.75) is 57.5 Å². The predicted molar refractivity (Wildman–Crippen MR) is 71.3 cm³/mol. The van der Waals surface area contributed by atoms with E-state index in [4.69, 9.17) is 4.74 Å². The van der Waals surface area contributed by atoms with E-state index in [9.17, 15) is 0 Å². The highest BCUT2D eigenvalue weighted by atomic mass is 16.5. The molecule has 1 N–H and O–H groups in total. The summed E-state index contributed by atoms with van der Waals surface area (Å²) in [5, 5.41) is 3.71. The van der Waals surface area contributed by atoms with Crippen LogP contribution < -0.4 is 5.32 Å². The maximum Gasteiger partial charge on any atom is 0.0593 e. The van der Waals surface area contributed by atoms with Crippen LogP contribution in [-0.4, -0.2) is 49.8 Å². The van der Waals surface area contributed by atoms with Crippen LogP contribution in [0.5, 0.6) is 0 Å². The van der Waals surface area contributed by atoms with Gasteiger partial charge in [0.1, 0.15) is 0 Å². The second-order valence-corrected chi connectivity index (χ2v) is 5.37. The fraction of sp³-hybridized carbons (Fsp3) is 1.00. The smallest absolute Gasteiger partial charge is 0.0593 e. The Bertz CT molecular complexity index is 202. The Balaban J connectivity index is 1.96. The lowest BCUT2D eigenvalue weighted by Crippen LogP contribution is -2.50. The molecule has 2 unspecified atom stereocenters. The van der Waals surface area contributed by atoms with Gasteiger partial charge in [-0.3, -0.25) is 4.90 Å². The van der Waals surface area contributed by atoms with E-state index in [1.807, 2.05) is 0 Å². The Morgan fingerprint density at radius 3 is 2.82 bits per heavy atom. The van der Waals surface area contributed by atoms with Crippen LogP contribution in [0.2, 0.25) is 0 Å². The number of hydrogen-bond acceptors (Lipinski definition) is 3. The van der Waals surface area contributed by atoms with Crippen LogP contribution >= 0.6 is 0 Å². The van der Waals surface area contributed by atoms with Crippen LogP contribution in [0.3, 0.4) is 0 Å². The summed E-state index contributed by atoms with van der Waals surface area (Å²) in [6.45, 7) is 7.57. The van der Waals surface area contributed by atoms with E-state index in [-0.39, 0.29) is 0 Å². The molecule has 2 rings (SSSR count). The molecule has 0 spiro atoms. The molecule has 0 radical (unpaired) electrons. The van der Waals surface area contributed by atoms with Crippen molar-refractivity contribution in [3.8, 4) is 0 Å². The zero-order valence-corrected chi connectivity index (χ0v) is 11.3. The summed E-state index contributed by atoms with van der Waals surface area (Å²) < 4.78 is 5.58. The maximum atomic E-state index is 5.58. The Hall–Kier alpha value is -0.120. The molecule has 3 heteroatoms. The van der Waals surface area contributed by atoms with Crippen molar-refractivity contribution >= 4 is 0 Å². The van der Waals surface area contributed by atoms with E-state index in [1.54, 1.807) is 0 Å². The molecule has 0 aromatic heterocycles. The van der Waals surface area contributed by atoms with E-state index in [0.29, 0.717) is 6.04 Å². The van der Waals surface area contributed by atoms with Gasteiger partial charge in [-0.25, -0.2) is 0 Å². The average Bonchev–Trinajstić information content (AvgIpc) is 2.71. The minimum absolute atomic E-state index is 0.709. The number of hydrogen-bond donors (Lipinski definition) is 1. The molecule has 0 aromatic carbocycles. The molecule has 0 bridgehead atoms. The normalized spacial score (nSPS) is 33.0. The summed E-state index contributed by atoms with van der Waals surface area (Å²) in [5.41, 5.74) is 0. The molecule has 1 aliphatic heterocycles. The van der Waals surface area contributed by atoms with Crippen molar-refractivity contribution in [3.05, 3.63) is 0 Å². The third kappa shape index (κ3) is 3.94. The minimum atomic E-state index is 0.709. The van der Waals surface area contributed by atoms with Crippen LogP contribution in [0.1, 0.15) is 45.4 Å². The molecular weight excluding hydrogens is 212 g/mol. The van der Waals surface area contributed by atoms with Crippen LogP contribution in [0, 0.1) is 0 Å². The minimum Gasteiger partial charge on any atom is -0.380 e. The fourth-order valence-corrected chi connectivity index (χ4v) is 3.32. The molecule has 2 aliphatic rings. The Kier molecular flexibility index (Phi) is 5.75. The fourth-order valence-electron chi connectivity index (χ4n) is 3.32. The lowest BCUT2D eigenvalue weighted by molar-refractivity contribution is 0.118. The number of nitrogens with one attached hydrogen (secondary N) is 1. The first-order valence-electron chi connectivity index (χ1n) is 7.47.